The number of amides is 1. The summed E-state index contributed by atoms with van der Waals surface area (Å²) < 4.78 is 13.5. The number of nitrogens with zero attached hydrogens (tertiary/aromatic N) is 2. The molecule has 1 fully saturated rings. The van der Waals surface area contributed by atoms with Crippen LogP contribution in [0.1, 0.15) is 35.7 Å². The lowest BCUT2D eigenvalue weighted by molar-refractivity contribution is 0.0954. The Bertz CT molecular complexity index is 827. The lowest BCUT2D eigenvalue weighted by Gasteiger charge is -2.16. The second-order valence-corrected chi connectivity index (χ2v) is 6.91. The fraction of sp³-hybridized carbons (Fsp3) is 0.381. The Labute approximate surface area is 187 Å². The van der Waals surface area contributed by atoms with Crippen LogP contribution in [0.4, 0.5) is 4.39 Å². The molecule has 2 aromatic rings. The van der Waals surface area contributed by atoms with Crippen molar-refractivity contribution in [3.63, 3.8) is 0 Å². The summed E-state index contributed by atoms with van der Waals surface area (Å²) in [6, 6.07) is 10.3. The number of carbonyl (C=O) groups excluding carboxylic acids is 1. The van der Waals surface area contributed by atoms with E-state index in [0.29, 0.717) is 31.2 Å². The van der Waals surface area contributed by atoms with E-state index in [-0.39, 0.29) is 41.1 Å². The summed E-state index contributed by atoms with van der Waals surface area (Å²) in [5, 5.41) is 9.28. The molecule has 0 bridgehead atoms. The van der Waals surface area contributed by atoms with E-state index >= 15 is 0 Å². The first kappa shape index (κ1) is 23.1. The average molecular weight is 511 g/mol. The zero-order valence-corrected chi connectivity index (χ0v) is 18.8. The standard InChI is InChI=1S/C21H26FN5O.HI/c1-2-24-20(26-12-11-25-19(28)16-5-4-10-23-14-16)27-15-21(8-9-21)17-6-3-7-18(22)13-17;/h3-7,10,13-14H,2,8-9,11-12,15H2,1H3,(H,25,28)(H2,24,26,27);1H. The maximum atomic E-state index is 13.5. The molecule has 1 heterocycles. The van der Waals surface area contributed by atoms with Gasteiger partial charge in [-0.2, -0.15) is 0 Å². The first-order valence-electron chi connectivity index (χ1n) is 9.59. The van der Waals surface area contributed by atoms with Gasteiger partial charge in [0.1, 0.15) is 5.82 Å². The highest BCUT2D eigenvalue weighted by atomic mass is 127. The van der Waals surface area contributed by atoms with E-state index in [1.54, 1.807) is 30.5 Å². The van der Waals surface area contributed by atoms with Crippen LogP contribution < -0.4 is 16.0 Å². The van der Waals surface area contributed by atoms with Gasteiger partial charge in [0.2, 0.25) is 0 Å². The van der Waals surface area contributed by atoms with E-state index in [2.05, 4.69) is 25.9 Å². The molecule has 0 radical (unpaired) electrons. The highest BCUT2D eigenvalue weighted by molar-refractivity contribution is 14.0. The van der Waals surface area contributed by atoms with E-state index in [1.165, 1.54) is 12.3 Å². The van der Waals surface area contributed by atoms with Crippen molar-refractivity contribution >= 4 is 35.8 Å². The van der Waals surface area contributed by atoms with Gasteiger partial charge >= 0.3 is 0 Å². The van der Waals surface area contributed by atoms with Gasteiger partial charge in [0, 0.05) is 37.4 Å². The summed E-state index contributed by atoms with van der Waals surface area (Å²) in [7, 11) is 0. The number of hydrogen-bond acceptors (Lipinski definition) is 3. The maximum Gasteiger partial charge on any atom is 0.252 e. The fourth-order valence-electron chi connectivity index (χ4n) is 3.04. The van der Waals surface area contributed by atoms with Crippen molar-refractivity contribution in [2.24, 2.45) is 4.99 Å². The van der Waals surface area contributed by atoms with Crippen LogP contribution in [-0.4, -0.2) is 43.0 Å². The van der Waals surface area contributed by atoms with E-state index in [0.717, 1.165) is 24.9 Å². The smallest absolute Gasteiger partial charge is 0.252 e. The zero-order valence-electron chi connectivity index (χ0n) is 16.5. The van der Waals surface area contributed by atoms with Gasteiger partial charge in [-0.25, -0.2) is 4.39 Å². The number of halogens is 2. The van der Waals surface area contributed by atoms with Crippen LogP contribution in [0, 0.1) is 5.82 Å². The highest BCUT2D eigenvalue weighted by Gasteiger charge is 2.44. The van der Waals surface area contributed by atoms with Gasteiger partial charge in [0.15, 0.2) is 5.96 Å². The van der Waals surface area contributed by atoms with Crippen molar-refractivity contribution in [2.75, 3.05) is 26.2 Å². The number of hydrogen-bond donors (Lipinski definition) is 3. The summed E-state index contributed by atoms with van der Waals surface area (Å²) in [5.74, 6) is 0.336. The molecule has 0 unspecified atom stereocenters. The van der Waals surface area contributed by atoms with Crippen molar-refractivity contribution in [3.8, 4) is 0 Å². The van der Waals surface area contributed by atoms with Crippen molar-refractivity contribution in [1.29, 1.82) is 0 Å². The number of nitrogens with one attached hydrogen (secondary N) is 3. The van der Waals surface area contributed by atoms with Crippen LogP contribution >= 0.6 is 24.0 Å². The Balaban J connectivity index is 0.00000300. The van der Waals surface area contributed by atoms with Crippen LogP contribution in [0.5, 0.6) is 0 Å². The molecule has 1 aromatic carbocycles. The molecule has 8 heteroatoms. The number of aliphatic imine (C=N–C) groups is 1. The summed E-state index contributed by atoms with van der Waals surface area (Å²) >= 11 is 0. The fourth-order valence-corrected chi connectivity index (χ4v) is 3.04. The third-order valence-electron chi connectivity index (χ3n) is 4.80. The quantitative estimate of drug-likeness (QED) is 0.221. The second-order valence-electron chi connectivity index (χ2n) is 6.91. The first-order chi connectivity index (χ1) is 13.6. The minimum atomic E-state index is -0.206. The molecule has 0 aliphatic heterocycles. The Morgan fingerprint density at radius 2 is 1.97 bits per heavy atom. The molecule has 1 saturated carbocycles. The Morgan fingerprint density at radius 1 is 1.17 bits per heavy atom. The van der Waals surface area contributed by atoms with E-state index in [9.17, 15) is 9.18 Å². The largest absolute Gasteiger partial charge is 0.357 e. The Hall–Kier alpha value is -2.23. The predicted molar refractivity (Wildman–Crippen MR) is 123 cm³/mol. The zero-order chi connectivity index (χ0) is 19.8. The normalized spacial score (nSPS) is 14.5. The van der Waals surface area contributed by atoms with Gasteiger partial charge < -0.3 is 16.0 Å². The third-order valence-corrected chi connectivity index (χ3v) is 4.80. The maximum absolute atomic E-state index is 13.5. The topological polar surface area (TPSA) is 78.4 Å². The number of carbonyl (C=O) groups is 1. The molecular formula is C21H27FIN5O. The van der Waals surface area contributed by atoms with Gasteiger partial charge in [-0.3, -0.25) is 14.8 Å². The molecule has 3 rings (SSSR count). The van der Waals surface area contributed by atoms with E-state index < -0.39 is 0 Å². The molecule has 6 nitrogen and oxygen atoms in total. The number of benzene rings is 1. The van der Waals surface area contributed by atoms with E-state index in [4.69, 9.17) is 0 Å². The molecular weight excluding hydrogens is 484 g/mol. The second kappa shape index (κ2) is 11.1. The van der Waals surface area contributed by atoms with Crippen molar-refractivity contribution in [3.05, 3.63) is 65.7 Å². The average Bonchev–Trinajstić information content (AvgIpc) is 3.51. The third kappa shape index (κ3) is 6.66. The lowest BCUT2D eigenvalue weighted by atomic mass is 9.96. The molecule has 0 spiro atoms. The molecule has 3 N–H and O–H groups in total. The summed E-state index contributed by atoms with van der Waals surface area (Å²) in [6.45, 7) is 4.35. The molecule has 0 saturated heterocycles. The number of rotatable bonds is 8. The molecule has 1 aromatic heterocycles. The van der Waals surface area contributed by atoms with Crippen LogP contribution in [0.15, 0.2) is 53.8 Å². The van der Waals surface area contributed by atoms with Crippen molar-refractivity contribution < 1.29 is 9.18 Å². The SMILES string of the molecule is CCNC(=NCC1(c2cccc(F)c2)CC1)NCCNC(=O)c1cccnc1.I. The van der Waals surface area contributed by atoms with Gasteiger partial charge in [-0.05, 0) is 49.6 Å². The van der Waals surface area contributed by atoms with Gasteiger partial charge in [-0.1, -0.05) is 12.1 Å². The van der Waals surface area contributed by atoms with Crippen LogP contribution in [0.3, 0.4) is 0 Å². The predicted octanol–water partition coefficient (Wildman–Crippen LogP) is 2.86. The van der Waals surface area contributed by atoms with Crippen molar-refractivity contribution in [1.82, 2.24) is 20.9 Å². The molecule has 1 aliphatic carbocycles. The Kier molecular flexibility index (Phi) is 8.81. The minimum Gasteiger partial charge on any atom is -0.357 e. The van der Waals surface area contributed by atoms with Crippen molar-refractivity contribution in [2.45, 2.75) is 25.2 Å². The molecule has 0 atom stereocenters. The lowest BCUT2D eigenvalue weighted by Crippen LogP contribution is -2.42. The summed E-state index contributed by atoms with van der Waals surface area (Å²) in [6.07, 6.45) is 5.20. The van der Waals surface area contributed by atoms with Crippen LogP contribution in [-0.2, 0) is 5.41 Å². The van der Waals surface area contributed by atoms with E-state index in [1.807, 2.05) is 13.0 Å². The summed E-state index contributed by atoms with van der Waals surface area (Å²) in [4.78, 5) is 20.6. The summed E-state index contributed by atoms with van der Waals surface area (Å²) in [5.41, 5.74) is 1.49. The number of aromatic nitrogens is 1. The van der Waals surface area contributed by atoms with Gasteiger partial charge in [0.05, 0.1) is 12.1 Å². The van der Waals surface area contributed by atoms with Gasteiger partial charge in [-0.15, -0.1) is 24.0 Å². The minimum absolute atomic E-state index is 0. The number of guanidine groups is 1. The van der Waals surface area contributed by atoms with Gasteiger partial charge in [0.25, 0.3) is 5.91 Å². The molecule has 1 amide bonds. The Morgan fingerprint density at radius 3 is 2.62 bits per heavy atom. The van der Waals surface area contributed by atoms with Crippen LogP contribution in [0.25, 0.3) is 0 Å². The first-order valence-corrected chi connectivity index (χ1v) is 9.59. The molecule has 156 valence electrons. The molecule has 29 heavy (non-hydrogen) atoms. The number of pyridine rings is 1. The van der Waals surface area contributed by atoms with Crippen LogP contribution in [0.2, 0.25) is 0 Å². The molecule has 1 aliphatic rings. The highest BCUT2D eigenvalue weighted by Crippen LogP contribution is 2.48. The monoisotopic (exact) mass is 511 g/mol.